The van der Waals surface area contributed by atoms with Crippen LogP contribution < -0.4 is 10.6 Å². The molecule has 0 spiro atoms. The van der Waals surface area contributed by atoms with Gasteiger partial charge in [0.2, 0.25) is 0 Å². The van der Waals surface area contributed by atoms with E-state index in [9.17, 15) is 0 Å². The van der Waals surface area contributed by atoms with E-state index in [0.717, 1.165) is 19.1 Å². The summed E-state index contributed by atoms with van der Waals surface area (Å²) in [6, 6.07) is 9.33. The molecular formula is C13H20N2. The van der Waals surface area contributed by atoms with Gasteiger partial charge in [0.25, 0.3) is 0 Å². The van der Waals surface area contributed by atoms with E-state index in [2.05, 4.69) is 36.1 Å². The Kier molecular flexibility index (Phi) is 3.27. The number of para-hydroxylation sites is 1. The smallest absolute Gasteiger partial charge is 0.0398 e. The summed E-state index contributed by atoms with van der Waals surface area (Å²) in [5, 5.41) is 0. The van der Waals surface area contributed by atoms with E-state index < -0.39 is 0 Å². The number of rotatable bonds is 4. The molecule has 15 heavy (non-hydrogen) atoms. The van der Waals surface area contributed by atoms with Crippen molar-refractivity contribution in [3.05, 3.63) is 29.8 Å². The lowest BCUT2D eigenvalue weighted by Crippen LogP contribution is -2.43. The normalized spacial score (nSPS) is 16.1. The molecular weight excluding hydrogens is 184 g/mol. The van der Waals surface area contributed by atoms with Crippen molar-refractivity contribution in [2.24, 2.45) is 5.73 Å². The van der Waals surface area contributed by atoms with E-state index in [0.29, 0.717) is 0 Å². The Balaban J connectivity index is 2.19. The molecule has 2 N–H and O–H groups in total. The molecule has 0 bridgehead atoms. The highest BCUT2D eigenvalue weighted by molar-refractivity contribution is 5.54. The Labute approximate surface area is 92.1 Å². The molecule has 0 aliphatic heterocycles. The number of anilines is 1. The number of benzene rings is 1. The first-order valence-electron chi connectivity index (χ1n) is 5.85. The average molecular weight is 204 g/mol. The lowest BCUT2D eigenvalue weighted by Gasteiger charge is -2.39. The van der Waals surface area contributed by atoms with Crippen LogP contribution >= 0.6 is 0 Å². The minimum Gasteiger partial charge on any atom is -0.367 e. The second-order valence-corrected chi connectivity index (χ2v) is 4.35. The zero-order valence-corrected chi connectivity index (χ0v) is 9.45. The summed E-state index contributed by atoms with van der Waals surface area (Å²) >= 11 is 0. The Bertz CT molecular complexity index is 318. The Hall–Kier alpha value is -1.02. The highest BCUT2D eigenvalue weighted by Gasteiger charge is 2.25. The molecule has 0 radical (unpaired) electrons. The van der Waals surface area contributed by atoms with E-state index in [1.807, 2.05) is 0 Å². The minimum atomic E-state index is 0.731. The van der Waals surface area contributed by atoms with Crippen LogP contribution in [0.1, 0.15) is 24.8 Å². The van der Waals surface area contributed by atoms with Gasteiger partial charge in [-0.05, 0) is 37.8 Å². The van der Waals surface area contributed by atoms with Crippen molar-refractivity contribution < 1.29 is 0 Å². The third kappa shape index (κ3) is 2.15. The summed E-state index contributed by atoms with van der Waals surface area (Å²) in [4.78, 5) is 2.48. The first kappa shape index (κ1) is 10.5. The van der Waals surface area contributed by atoms with Crippen molar-refractivity contribution in [3.63, 3.8) is 0 Å². The first-order chi connectivity index (χ1) is 7.33. The Morgan fingerprint density at radius 2 is 2.07 bits per heavy atom. The number of hydrogen-bond donors (Lipinski definition) is 1. The summed E-state index contributed by atoms with van der Waals surface area (Å²) in [6.07, 6.45) is 4.03. The van der Waals surface area contributed by atoms with Crippen LogP contribution in [0, 0.1) is 6.92 Å². The molecule has 0 saturated heterocycles. The predicted octanol–water partition coefficient (Wildman–Crippen LogP) is 2.31. The molecule has 1 aliphatic rings. The van der Waals surface area contributed by atoms with Crippen LogP contribution in [0.3, 0.4) is 0 Å². The fourth-order valence-electron chi connectivity index (χ4n) is 2.22. The third-order valence-electron chi connectivity index (χ3n) is 3.31. The Morgan fingerprint density at radius 3 is 2.60 bits per heavy atom. The van der Waals surface area contributed by atoms with E-state index in [1.54, 1.807) is 0 Å². The van der Waals surface area contributed by atoms with Crippen LogP contribution in [0.15, 0.2) is 24.3 Å². The fourth-order valence-corrected chi connectivity index (χ4v) is 2.22. The molecule has 1 aromatic rings. The lowest BCUT2D eigenvalue weighted by atomic mass is 9.90. The van der Waals surface area contributed by atoms with Gasteiger partial charge in [-0.2, -0.15) is 0 Å². The molecule has 1 aliphatic carbocycles. The molecule has 0 heterocycles. The summed E-state index contributed by atoms with van der Waals surface area (Å²) in [6.45, 7) is 3.90. The molecule has 1 saturated carbocycles. The summed E-state index contributed by atoms with van der Waals surface area (Å²) < 4.78 is 0. The van der Waals surface area contributed by atoms with Crippen molar-refractivity contribution in [2.45, 2.75) is 32.2 Å². The van der Waals surface area contributed by atoms with E-state index in [-0.39, 0.29) is 0 Å². The summed E-state index contributed by atoms with van der Waals surface area (Å²) in [5.41, 5.74) is 8.42. The van der Waals surface area contributed by atoms with Crippen LogP contribution in [0.5, 0.6) is 0 Å². The molecule has 2 nitrogen and oxygen atoms in total. The summed E-state index contributed by atoms with van der Waals surface area (Å²) in [5.74, 6) is 0. The molecule has 1 fully saturated rings. The highest BCUT2D eigenvalue weighted by Crippen LogP contribution is 2.30. The topological polar surface area (TPSA) is 29.3 Å². The zero-order valence-electron chi connectivity index (χ0n) is 9.45. The second-order valence-electron chi connectivity index (χ2n) is 4.35. The van der Waals surface area contributed by atoms with Crippen LogP contribution in [-0.4, -0.2) is 19.1 Å². The SMILES string of the molecule is Cc1ccccc1N(CCN)C1CCC1. The van der Waals surface area contributed by atoms with Gasteiger partial charge in [-0.3, -0.25) is 0 Å². The third-order valence-corrected chi connectivity index (χ3v) is 3.31. The summed E-state index contributed by atoms with van der Waals surface area (Å²) in [7, 11) is 0. The lowest BCUT2D eigenvalue weighted by molar-refractivity contribution is 0.387. The molecule has 0 atom stereocenters. The van der Waals surface area contributed by atoms with E-state index >= 15 is 0 Å². The average Bonchev–Trinajstić information content (AvgIpc) is 2.15. The van der Waals surface area contributed by atoms with Gasteiger partial charge in [-0.1, -0.05) is 18.2 Å². The van der Waals surface area contributed by atoms with Crippen molar-refractivity contribution >= 4 is 5.69 Å². The van der Waals surface area contributed by atoms with Crippen molar-refractivity contribution in [3.8, 4) is 0 Å². The second kappa shape index (κ2) is 4.67. The maximum atomic E-state index is 5.69. The van der Waals surface area contributed by atoms with Gasteiger partial charge in [0.1, 0.15) is 0 Å². The molecule has 2 rings (SSSR count). The fraction of sp³-hybridized carbons (Fsp3) is 0.538. The molecule has 0 aromatic heterocycles. The van der Waals surface area contributed by atoms with Crippen LogP contribution in [0.4, 0.5) is 5.69 Å². The highest BCUT2D eigenvalue weighted by atomic mass is 15.2. The number of nitrogens with zero attached hydrogens (tertiary/aromatic N) is 1. The quantitative estimate of drug-likeness (QED) is 0.815. The van der Waals surface area contributed by atoms with Gasteiger partial charge in [0.15, 0.2) is 0 Å². The van der Waals surface area contributed by atoms with Gasteiger partial charge < -0.3 is 10.6 Å². The first-order valence-corrected chi connectivity index (χ1v) is 5.85. The van der Waals surface area contributed by atoms with Crippen LogP contribution in [-0.2, 0) is 0 Å². The van der Waals surface area contributed by atoms with Crippen LogP contribution in [0.2, 0.25) is 0 Å². The van der Waals surface area contributed by atoms with Gasteiger partial charge in [0.05, 0.1) is 0 Å². The van der Waals surface area contributed by atoms with Gasteiger partial charge in [-0.15, -0.1) is 0 Å². The van der Waals surface area contributed by atoms with E-state index in [4.69, 9.17) is 5.73 Å². The standard InChI is InChI=1S/C13H20N2/c1-11-5-2-3-8-13(11)15(10-9-14)12-6-4-7-12/h2-3,5,8,12H,4,6-7,9-10,14H2,1H3. The molecule has 82 valence electrons. The van der Waals surface area contributed by atoms with Gasteiger partial charge >= 0.3 is 0 Å². The number of hydrogen-bond acceptors (Lipinski definition) is 2. The van der Waals surface area contributed by atoms with Crippen molar-refractivity contribution in [1.82, 2.24) is 0 Å². The maximum Gasteiger partial charge on any atom is 0.0398 e. The molecule has 0 amide bonds. The molecule has 2 heteroatoms. The zero-order chi connectivity index (χ0) is 10.7. The van der Waals surface area contributed by atoms with Crippen molar-refractivity contribution in [1.29, 1.82) is 0 Å². The largest absolute Gasteiger partial charge is 0.367 e. The number of nitrogens with two attached hydrogens (primary N) is 1. The van der Waals surface area contributed by atoms with E-state index in [1.165, 1.54) is 30.5 Å². The maximum absolute atomic E-state index is 5.69. The minimum absolute atomic E-state index is 0.731. The van der Waals surface area contributed by atoms with Crippen LogP contribution in [0.25, 0.3) is 0 Å². The van der Waals surface area contributed by atoms with Gasteiger partial charge in [-0.25, -0.2) is 0 Å². The van der Waals surface area contributed by atoms with Gasteiger partial charge in [0, 0.05) is 24.8 Å². The van der Waals surface area contributed by atoms with Crippen molar-refractivity contribution in [2.75, 3.05) is 18.0 Å². The molecule has 1 aromatic carbocycles. The predicted molar refractivity (Wildman–Crippen MR) is 65.2 cm³/mol. The Morgan fingerprint density at radius 1 is 1.33 bits per heavy atom. The molecule has 0 unspecified atom stereocenters. The number of aryl methyl sites for hydroxylation is 1. The monoisotopic (exact) mass is 204 g/mol.